The minimum atomic E-state index is -3.24. The smallest absolute Gasteiger partial charge is 0.207 e. The molecule has 0 atom stereocenters. The number of hydrogen-bond acceptors (Lipinski definition) is 2. The first-order valence-electron chi connectivity index (χ1n) is 4.94. The lowest BCUT2D eigenvalue weighted by Crippen LogP contribution is -2.21. The lowest BCUT2D eigenvalue weighted by atomic mass is 10.4. The first kappa shape index (κ1) is 14.1. The molecule has 0 aliphatic rings. The van der Waals surface area contributed by atoms with Crippen molar-refractivity contribution < 1.29 is 8.42 Å². The van der Waals surface area contributed by atoms with Gasteiger partial charge in [0.15, 0.2) is 0 Å². The fourth-order valence-electron chi connectivity index (χ4n) is 0.803. The Morgan fingerprint density at radius 1 is 1.07 bits per heavy atom. The molecule has 1 aromatic carbocycles. The van der Waals surface area contributed by atoms with Crippen molar-refractivity contribution in [3.05, 3.63) is 30.3 Å². The predicted molar refractivity (Wildman–Crippen MR) is 63.3 cm³/mol. The molecule has 3 nitrogen and oxygen atoms in total. The zero-order valence-corrected chi connectivity index (χ0v) is 10.6. The van der Waals surface area contributed by atoms with Crippen LogP contribution in [0.2, 0.25) is 0 Å². The molecular weight excluding hydrogens is 210 g/mol. The first-order valence-corrected chi connectivity index (χ1v) is 6.38. The minimum absolute atomic E-state index is 0.329. The highest BCUT2D eigenvalue weighted by Gasteiger charge is 2.15. The third-order valence-corrected chi connectivity index (χ3v) is 3.35. The Morgan fingerprint density at radius 3 is 1.80 bits per heavy atom. The van der Waals surface area contributed by atoms with E-state index in [9.17, 15) is 8.42 Å². The Kier molecular flexibility index (Phi) is 6.20. The molecule has 0 saturated carbocycles. The Labute approximate surface area is 92.8 Å². The molecule has 0 heterocycles. The lowest BCUT2D eigenvalue weighted by Gasteiger charge is -2.10. The second-order valence-electron chi connectivity index (χ2n) is 3.31. The van der Waals surface area contributed by atoms with Crippen LogP contribution in [0.15, 0.2) is 35.2 Å². The van der Waals surface area contributed by atoms with Crippen LogP contribution in [0.5, 0.6) is 0 Å². The molecular formula is C11H19NO2S. The summed E-state index contributed by atoms with van der Waals surface area (Å²) in [7, 11) is -0.211. The lowest BCUT2D eigenvalue weighted by molar-refractivity contribution is 0.521. The van der Waals surface area contributed by atoms with Crippen LogP contribution in [0.4, 0.5) is 0 Å². The van der Waals surface area contributed by atoms with E-state index in [-0.39, 0.29) is 0 Å². The zero-order valence-electron chi connectivity index (χ0n) is 9.77. The zero-order chi connectivity index (χ0) is 11.9. The fourth-order valence-corrected chi connectivity index (χ4v) is 1.73. The number of nitrogens with zero attached hydrogens (tertiary/aromatic N) is 1. The summed E-state index contributed by atoms with van der Waals surface area (Å²) < 4.78 is 24.1. The van der Waals surface area contributed by atoms with Crippen molar-refractivity contribution in [2.75, 3.05) is 14.1 Å². The molecule has 15 heavy (non-hydrogen) atoms. The molecule has 0 fully saturated rings. The van der Waals surface area contributed by atoms with Crippen molar-refractivity contribution in [1.29, 1.82) is 0 Å². The second kappa shape index (κ2) is 6.58. The Morgan fingerprint density at radius 2 is 1.47 bits per heavy atom. The van der Waals surface area contributed by atoms with E-state index in [4.69, 9.17) is 0 Å². The van der Waals surface area contributed by atoms with Crippen molar-refractivity contribution in [3.63, 3.8) is 0 Å². The van der Waals surface area contributed by atoms with E-state index >= 15 is 0 Å². The number of rotatable bonds is 2. The van der Waals surface area contributed by atoms with Crippen LogP contribution >= 0.6 is 0 Å². The van der Waals surface area contributed by atoms with Crippen molar-refractivity contribution in [1.82, 2.24) is 4.31 Å². The largest absolute Gasteiger partial charge is 0.242 e. The van der Waals surface area contributed by atoms with Crippen LogP contribution in [0.1, 0.15) is 20.3 Å². The van der Waals surface area contributed by atoms with E-state index in [1.54, 1.807) is 30.3 Å². The van der Waals surface area contributed by atoms with Gasteiger partial charge in [0.05, 0.1) is 4.90 Å². The minimum Gasteiger partial charge on any atom is -0.207 e. The van der Waals surface area contributed by atoms with Gasteiger partial charge in [-0.05, 0) is 12.1 Å². The standard InChI is InChI=1S/C8H11NO2S.C3H8/c1-9(2)12(10,11)8-6-4-3-5-7-8;1-3-2/h3-7H,1-2H3;3H2,1-2H3. The Balaban J connectivity index is 0.000000583. The molecule has 86 valence electrons. The van der Waals surface area contributed by atoms with Gasteiger partial charge in [-0.15, -0.1) is 0 Å². The van der Waals surface area contributed by atoms with Crippen molar-refractivity contribution in [2.24, 2.45) is 0 Å². The fraction of sp³-hybridized carbons (Fsp3) is 0.455. The normalized spacial score (nSPS) is 10.7. The molecule has 1 aromatic rings. The summed E-state index contributed by atoms with van der Waals surface area (Å²) in [4.78, 5) is 0.329. The predicted octanol–water partition coefficient (Wildman–Crippen LogP) is 2.35. The molecule has 1 rings (SSSR count). The maximum atomic E-state index is 11.5. The van der Waals surface area contributed by atoms with Crippen LogP contribution in [-0.4, -0.2) is 26.8 Å². The number of benzene rings is 1. The van der Waals surface area contributed by atoms with E-state index in [1.807, 2.05) is 0 Å². The molecule has 0 bridgehead atoms. The first-order chi connectivity index (χ1) is 6.96. The summed E-state index contributed by atoms with van der Waals surface area (Å²) in [5, 5.41) is 0. The molecule has 0 spiro atoms. The van der Waals surface area contributed by atoms with Gasteiger partial charge >= 0.3 is 0 Å². The van der Waals surface area contributed by atoms with Gasteiger partial charge in [-0.25, -0.2) is 12.7 Å². The monoisotopic (exact) mass is 229 g/mol. The molecule has 0 aliphatic heterocycles. The summed E-state index contributed by atoms with van der Waals surface area (Å²) >= 11 is 0. The molecule has 0 amide bonds. The molecule has 0 aromatic heterocycles. The van der Waals surface area contributed by atoms with E-state index in [0.717, 1.165) is 0 Å². The van der Waals surface area contributed by atoms with Crippen molar-refractivity contribution in [3.8, 4) is 0 Å². The van der Waals surface area contributed by atoms with Gasteiger partial charge in [-0.1, -0.05) is 38.5 Å². The van der Waals surface area contributed by atoms with Gasteiger partial charge in [-0.2, -0.15) is 0 Å². The molecule has 0 radical (unpaired) electrons. The highest BCUT2D eigenvalue weighted by atomic mass is 32.2. The van der Waals surface area contributed by atoms with Crippen LogP contribution < -0.4 is 0 Å². The summed E-state index contributed by atoms with van der Waals surface area (Å²) in [6.45, 7) is 4.25. The van der Waals surface area contributed by atoms with Gasteiger partial charge < -0.3 is 0 Å². The van der Waals surface area contributed by atoms with Crippen LogP contribution in [0.3, 0.4) is 0 Å². The van der Waals surface area contributed by atoms with Gasteiger partial charge in [0.2, 0.25) is 10.0 Å². The number of sulfonamides is 1. The van der Waals surface area contributed by atoms with Gasteiger partial charge in [0.1, 0.15) is 0 Å². The van der Waals surface area contributed by atoms with E-state index in [0.29, 0.717) is 4.90 Å². The molecule has 0 N–H and O–H groups in total. The van der Waals surface area contributed by atoms with Crippen LogP contribution in [0.25, 0.3) is 0 Å². The van der Waals surface area contributed by atoms with E-state index < -0.39 is 10.0 Å². The highest BCUT2D eigenvalue weighted by Crippen LogP contribution is 2.10. The van der Waals surface area contributed by atoms with Crippen molar-refractivity contribution in [2.45, 2.75) is 25.2 Å². The van der Waals surface area contributed by atoms with Crippen LogP contribution in [-0.2, 0) is 10.0 Å². The van der Waals surface area contributed by atoms with Gasteiger partial charge in [-0.3, -0.25) is 0 Å². The molecule has 0 unspecified atom stereocenters. The van der Waals surface area contributed by atoms with Crippen molar-refractivity contribution >= 4 is 10.0 Å². The summed E-state index contributed by atoms with van der Waals surface area (Å²) in [6.07, 6.45) is 1.25. The number of hydrogen-bond donors (Lipinski definition) is 0. The van der Waals surface area contributed by atoms with Crippen LogP contribution in [0, 0.1) is 0 Å². The van der Waals surface area contributed by atoms with Gasteiger partial charge in [0.25, 0.3) is 0 Å². The quantitative estimate of drug-likeness (QED) is 0.780. The second-order valence-corrected chi connectivity index (χ2v) is 5.46. The average molecular weight is 229 g/mol. The van der Waals surface area contributed by atoms with E-state index in [1.165, 1.54) is 24.8 Å². The topological polar surface area (TPSA) is 37.4 Å². The molecule has 0 aliphatic carbocycles. The SMILES string of the molecule is CCC.CN(C)S(=O)(=O)c1ccccc1. The molecule has 0 saturated heterocycles. The van der Waals surface area contributed by atoms with Gasteiger partial charge in [0, 0.05) is 14.1 Å². The Hall–Kier alpha value is -0.870. The summed E-state index contributed by atoms with van der Waals surface area (Å²) in [6, 6.07) is 8.35. The van der Waals surface area contributed by atoms with E-state index in [2.05, 4.69) is 13.8 Å². The molecule has 4 heteroatoms. The average Bonchev–Trinajstić information content (AvgIpc) is 2.20. The third-order valence-electron chi connectivity index (χ3n) is 1.52. The maximum Gasteiger partial charge on any atom is 0.242 e. The Bertz CT molecular complexity index is 357. The summed E-state index contributed by atoms with van der Waals surface area (Å²) in [5.74, 6) is 0. The summed E-state index contributed by atoms with van der Waals surface area (Å²) in [5.41, 5.74) is 0. The maximum absolute atomic E-state index is 11.5. The third kappa shape index (κ3) is 4.44. The highest BCUT2D eigenvalue weighted by molar-refractivity contribution is 7.89.